The van der Waals surface area contributed by atoms with Crippen LogP contribution in [0.5, 0.6) is 0 Å². The van der Waals surface area contributed by atoms with E-state index in [0.717, 1.165) is 116 Å². The predicted octanol–water partition coefficient (Wildman–Crippen LogP) is 16.0. The van der Waals surface area contributed by atoms with Crippen molar-refractivity contribution in [2.45, 2.75) is 226 Å². The summed E-state index contributed by atoms with van der Waals surface area (Å²) in [7, 11) is 0. The first-order valence-electron chi connectivity index (χ1n) is 24.6. The zero-order valence-electron chi connectivity index (χ0n) is 38.9. The van der Waals surface area contributed by atoms with Gasteiger partial charge in [-0.25, -0.2) is 0 Å². The van der Waals surface area contributed by atoms with E-state index < -0.39 is 6.10 Å². The van der Waals surface area contributed by atoms with Crippen LogP contribution in [0.25, 0.3) is 0 Å². The lowest BCUT2D eigenvalue weighted by Crippen LogP contribution is -2.30. The van der Waals surface area contributed by atoms with E-state index in [-0.39, 0.29) is 31.1 Å². The molecule has 6 heteroatoms. The Morgan fingerprint density at radius 1 is 0.350 bits per heavy atom. The van der Waals surface area contributed by atoms with Crippen LogP contribution >= 0.6 is 0 Å². The minimum atomic E-state index is -0.769. The first kappa shape index (κ1) is 56.6. The van der Waals surface area contributed by atoms with E-state index in [1.807, 2.05) is 0 Å². The summed E-state index contributed by atoms with van der Waals surface area (Å²) in [6.07, 6.45) is 62.1. The average Bonchev–Trinajstić information content (AvgIpc) is 3.24. The van der Waals surface area contributed by atoms with Gasteiger partial charge in [0, 0.05) is 19.3 Å². The molecule has 0 aliphatic heterocycles. The maximum absolute atomic E-state index is 12.5. The minimum Gasteiger partial charge on any atom is -0.462 e. The van der Waals surface area contributed by atoms with Gasteiger partial charge >= 0.3 is 17.9 Å². The standard InChI is InChI=1S/C54H90O6/c1-4-7-10-13-15-16-17-18-19-20-21-22-23-24-25-26-27-28-29-30-31-32-33-34-35-36-37-38-39-42-44-47-53(56)59-50-51(49-58-52(55)46-43-40-12-9-6-3)60-54(57)48-45-41-14-11-8-5-2/h7,10,15-16,18-19,21-22,24-25,27-28,30-31,51H,4-6,8-9,11-14,17,20,23,26,29,32-50H2,1-3H3/b10-7-,16-15-,19-18-,22-21-,25-24-,28-27-,31-30-. The molecular formula is C54H90O6. The number of hydrogen-bond donors (Lipinski definition) is 0. The highest BCUT2D eigenvalue weighted by Gasteiger charge is 2.19. The molecule has 1 unspecified atom stereocenters. The molecule has 0 aliphatic rings. The Morgan fingerprint density at radius 3 is 1.02 bits per heavy atom. The topological polar surface area (TPSA) is 78.9 Å². The molecule has 60 heavy (non-hydrogen) atoms. The largest absolute Gasteiger partial charge is 0.462 e. The Bertz CT molecular complexity index is 1190. The molecule has 0 N–H and O–H groups in total. The number of rotatable bonds is 43. The normalized spacial score (nSPS) is 12.8. The lowest BCUT2D eigenvalue weighted by Gasteiger charge is -2.18. The third-order valence-corrected chi connectivity index (χ3v) is 10.2. The van der Waals surface area contributed by atoms with Gasteiger partial charge in [0.1, 0.15) is 13.2 Å². The van der Waals surface area contributed by atoms with Crippen molar-refractivity contribution in [3.63, 3.8) is 0 Å². The smallest absolute Gasteiger partial charge is 0.306 e. The maximum Gasteiger partial charge on any atom is 0.306 e. The van der Waals surface area contributed by atoms with Crippen LogP contribution in [0, 0.1) is 0 Å². The second kappa shape index (κ2) is 48.3. The molecule has 0 aromatic carbocycles. The number of carbonyl (C=O) groups excluding carboxylic acids is 3. The molecule has 0 aliphatic carbocycles. The van der Waals surface area contributed by atoms with E-state index in [1.165, 1.54) is 64.2 Å². The monoisotopic (exact) mass is 835 g/mol. The van der Waals surface area contributed by atoms with Crippen molar-refractivity contribution >= 4 is 17.9 Å². The number of esters is 3. The van der Waals surface area contributed by atoms with Crippen LogP contribution in [0.15, 0.2) is 85.1 Å². The lowest BCUT2D eigenvalue weighted by atomic mass is 10.1. The first-order chi connectivity index (χ1) is 29.5. The maximum atomic E-state index is 12.5. The second-order valence-electron chi connectivity index (χ2n) is 16.0. The number of unbranched alkanes of at least 4 members (excludes halogenated alkanes) is 18. The van der Waals surface area contributed by atoms with Gasteiger partial charge in [-0.2, -0.15) is 0 Å². The fourth-order valence-corrected chi connectivity index (χ4v) is 6.48. The Balaban J connectivity index is 3.94. The molecule has 0 aromatic heterocycles. The van der Waals surface area contributed by atoms with Crippen molar-refractivity contribution in [1.29, 1.82) is 0 Å². The molecule has 0 saturated carbocycles. The Kier molecular flexibility index (Phi) is 45.5. The molecule has 6 nitrogen and oxygen atoms in total. The summed E-state index contributed by atoms with van der Waals surface area (Å²) in [5, 5.41) is 0. The van der Waals surface area contributed by atoms with Gasteiger partial charge in [0.15, 0.2) is 6.10 Å². The number of carbonyl (C=O) groups is 3. The molecule has 1 atom stereocenters. The Labute approximate surface area is 369 Å². The minimum absolute atomic E-state index is 0.0783. The van der Waals surface area contributed by atoms with E-state index in [2.05, 4.69) is 106 Å². The Morgan fingerprint density at radius 2 is 0.650 bits per heavy atom. The van der Waals surface area contributed by atoms with Crippen molar-refractivity contribution in [2.24, 2.45) is 0 Å². The van der Waals surface area contributed by atoms with Gasteiger partial charge in [-0.15, -0.1) is 0 Å². The molecule has 0 amide bonds. The number of ether oxygens (including phenoxy) is 3. The zero-order valence-corrected chi connectivity index (χ0v) is 38.9. The summed E-state index contributed by atoms with van der Waals surface area (Å²) in [6.45, 7) is 6.35. The van der Waals surface area contributed by atoms with Crippen molar-refractivity contribution in [2.75, 3.05) is 13.2 Å². The SMILES string of the molecule is CC/C=C\C/C=C\C/C=C\C/C=C\C/C=C\C/C=C\C/C=C\CCCCCCCCCCCC(=O)OCC(COC(=O)CCCCCCC)OC(=O)CCCCCCCC. The second-order valence-corrected chi connectivity index (χ2v) is 16.0. The van der Waals surface area contributed by atoms with Crippen molar-refractivity contribution in [3.8, 4) is 0 Å². The highest BCUT2D eigenvalue weighted by atomic mass is 16.6. The van der Waals surface area contributed by atoms with Crippen LogP contribution in [-0.4, -0.2) is 37.2 Å². The van der Waals surface area contributed by atoms with Gasteiger partial charge in [0.2, 0.25) is 0 Å². The first-order valence-corrected chi connectivity index (χ1v) is 24.6. The van der Waals surface area contributed by atoms with Crippen molar-refractivity contribution in [1.82, 2.24) is 0 Å². The van der Waals surface area contributed by atoms with E-state index in [0.29, 0.717) is 19.3 Å². The fraction of sp³-hybridized carbons (Fsp3) is 0.685. The number of allylic oxidation sites excluding steroid dienone is 14. The van der Waals surface area contributed by atoms with Gasteiger partial charge in [-0.3, -0.25) is 14.4 Å². The van der Waals surface area contributed by atoms with Gasteiger partial charge in [-0.05, 0) is 77.0 Å². The Hall–Kier alpha value is -3.41. The van der Waals surface area contributed by atoms with Crippen LogP contribution in [0.4, 0.5) is 0 Å². The summed E-state index contributed by atoms with van der Waals surface area (Å²) >= 11 is 0. The molecule has 0 saturated heterocycles. The molecule has 0 aromatic rings. The summed E-state index contributed by atoms with van der Waals surface area (Å²) in [4.78, 5) is 37.3. The van der Waals surface area contributed by atoms with Crippen LogP contribution < -0.4 is 0 Å². The van der Waals surface area contributed by atoms with Gasteiger partial charge in [-0.1, -0.05) is 209 Å². The summed E-state index contributed by atoms with van der Waals surface area (Å²) in [6, 6.07) is 0. The van der Waals surface area contributed by atoms with E-state index in [9.17, 15) is 14.4 Å². The van der Waals surface area contributed by atoms with E-state index in [1.54, 1.807) is 0 Å². The van der Waals surface area contributed by atoms with E-state index >= 15 is 0 Å². The summed E-state index contributed by atoms with van der Waals surface area (Å²) in [5.41, 5.74) is 0. The van der Waals surface area contributed by atoms with Crippen LogP contribution in [0.1, 0.15) is 220 Å². The fourth-order valence-electron chi connectivity index (χ4n) is 6.48. The number of hydrogen-bond acceptors (Lipinski definition) is 6. The van der Waals surface area contributed by atoms with E-state index in [4.69, 9.17) is 14.2 Å². The quantitative estimate of drug-likeness (QED) is 0.0263. The molecule has 0 radical (unpaired) electrons. The highest BCUT2D eigenvalue weighted by Crippen LogP contribution is 2.14. The average molecular weight is 835 g/mol. The van der Waals surface area contributed by atoms with Crippen LogP contribution in [-0.2, 0) is 28.6 Å². The van der Waals surface area contributed by atoms with Gasteiger partial charge < -0.3 is 14.2 Å². The van der Waals surface area contributed by atoms with Crippen molar-refractivity contribution < 1.29 is 28.6 Å². The highest BCUT2D eigenvalue weighted by molar-refractivity contribution is 5.71. The van der Waals surface area contributed by atoms with Crippen LogP contribution in [0.2, 0.25) is 0 Å². The summed E-state index contributed by atoms with van der Waals surface area (Å²) < 4.78 is 16.5. The summed E-state index contributed by atoms with van der Waals surface area (Å²) in [5.74, 6) is -0.914. The van der Waals surface area contributed by atoms with Gasteiger partial charge in [0.05, 0.1) is 0 Å². The lowest BCUT2D eigenvalue weighted by molar-refractivity contribution is -0.167. The molecule has 0 bridgehead atoms. The molecule has 0 spiro atoms. The molecule has 342 valence electrons. The third kappa shape index (κ3) is 45.7. The third-order valence-electron chi connectivity index (χ3n) is 10.2. The molecule has 0 rings (SSSR count). The molecule has 0 fully saturated rings. The zero-order chi connectivity index (χ0) is 43.7. The van der Waals surface area contributed by atoms with Crippen LogP contribution in [0.3, 0.4) is 0 Å². The van der Waals surface area contributed by atoms with Crippen molar-refractivity contribution in [3.05, 3.63) is 85.1 Å². The van der Waals surface area contributed by atoms with Gasteiger partial charge in [0.25, 0.3) is 0 Å². The predicted molar refractivity (Wildman–Crippen MR) is 256 cm³/mol. The molecular weight excluding hydrogens is 745 g/mol. The molecule has 0 heterocycles.